The van der Waals surface area contributed by atoms with Crippen molar-refractivity contribution in [2.75, 3.05) is 0 Å². The van der Waals surface area contributed by atoms with Crippen LogP contribution >= 0.6 is 0 Å². The van der Waals surface area contributed by atoms with Gasteiger partial charge in [0.2, 0.25) is 0 Å². The zero-order valence-corrected chi connectivity index (χ0v) is 10.7. The average molecular weight is 243 g/mol. The molecular weight excluding hydrogens is 228 g/mol. The fourth-order valence-electron chi connectivity index (χ4n) is 2.31. The van der Waals surface area contributed by atoms with Gasteiger partial charge in [-0.1, -0.05) is 79.0 Å². The van der Waals surface area contributed by atoms with Crippen molar-refractivity contribution >= 4 is 12.2 Å². The third kappa shape index (κ3) is 2.58. The summed E-state index contributed by atoms with van der Waals surface area (Å²) >= 11 is 0. The smallest absolute Gasteiger partial charge is 0.00671 e. The number of benzene rings is 1. The third-order valence-corrected chi connectivity index (χ3v) is 3.25. The second-order valence-corrected chi connectivity index (χ2v) is 4.53. The zero-order valence-electron chi connectivity index (χ0n) is 10.7. The second kappa shape index (κ2) is 5.53. The van der Waals surface area contributed by atoms with Crippen molar-refractivity contribution < 1.29 is 0 Å². The molecule has 0 saturated heterocycles. The van der Waals surface area contributed by atoms with E-state index in [9.17, 15) is 0 Å². The molecule has 0 heterocycles. The molecule has 0 saturated carbocycles. The number of rotatable bonds is 0. The van der Waals surface area contributed by atoms with Crippen LogP contribution in [-0.2, 0) is 6.42 Å². The highest BCUT2D eigenvalue weighted by atomic mass is 14.1. The molecule has 3 rings (SSSR count). The molecular formula is C19H15. The maximum absolute atomic E-state index is 3.37. The Morgan fingerprint density at radius 2 is 1.42 bits per heavy atom. The molecule has 2 aliphatic rings. The Morgan fingerprint density at radius 1 is 0.737 bits per heavy atom. The largest absolute Gasteiger partial charge is 0.0716 e. The van der Waals surface area contributed by atoms with Crippen molar-refractivity contribution in [2.24, 2.45) is 0 Å². The molecule has 0 N–H and O–H groups in total. The van der Waals surface area contributed by atoms with Crippen LogP contribution in [-0.4, -0.2) is 0 Å². The molecule has 0 aromatic heterocycles. The molecule has 1 aromatic carbocycles. The molecule has 0 fully saturated rings. The predicted molar refractivity (Wildman–Crippen MR) is 82.5 cm³/mol. The van der Waals surface area contributed by atoms with Crippen molar-refractivity contribution in [2.45, 2.75) is 6.42 Å². The maximum atomic E-state index is 3.37. The van der Waals surface area contributed by atoms with Gasteiger partial charge in [-0.15, -0.1) is 0 Å². The van der Waals surface area contributed by atoms with Gasteiger partial charge in [0.05, 0.1) is 0 Å². The summed E-state index contributed by atoms with van der Waals surface area (Å²) in [5.41, 5.74) is 5.09. The summed E-state index contributed by atoms with van der Waals surface area (Å²) in [5, 5.41) is 0. The van der Waals surface area contributed by atoms with Gasteiger partial charge in [0.1, 0.15) is 0 Å². The van der Waals surface area contributed by atoms with Gasteiger partial charge in [-0.25, -0.2) is 0 Å². The van der Waals surface area contributed by atoms with Crippen LogP contribution in [0.3, 0.4) is 0 Å². The van der Waals surface area contributed by atoms with E-state index >= 15 is 0 Å². The van der Waals surface area contributed by atoms with E-state index in [1.807, 2.05) is 30.4 Å². The maximum Gasteiger partial charge on any atom is -0.00671 e. The lowest BCUT2D eigenvalue weighted by molar-refractivity contribution is 1.30. The van der Waals surface area contributed by atoms with E-state index in [0.717, 1.165) is 6.42 Å². The Balaban J connectivity index is 2.12. The molecule has 0 atom stereocenters. The summed E-state index contributed by atoms with van der Waals surface area (Å²) in [6.45, 7) is 0. The summed E-state index contributed by atoms with van der Waals surface area (Å²) in [4.78, 5) is 0. The van der Waals surface area contributed by atoms with Gasteiger partial charge >= 0.3 is 0 Å². The molecule has 0 aliphatic heterocycles. The SMILES string of the molecule is [C]1=CCc2ccc3c(c21)\C=C/C=C\C=C/C=C\C=C/3. The molecule has 0 heteroatoms. The standard InChI is InChI=1S/C19H15/c1-2-4-6-8-12-18-16(10-7-5-3-1)14-15-17-11-9-13-19(17)18/h1-10,12,14-15H,11H2/b2-1-,3-1?,4-2?,5-3-,6-4-,7-5?,8-6?,10-7-,12-8-,16-10?,18-12?. The Labute approximate surface area is 114 Å². The van der Waals surface area contributed by atoms with Crippen LogP contribution in [0.25, 0.3) is 12.2 Å². The van der Waals surface area contributed by atoms with Crippen LogP contribution < -0.4 is 0 Å². The fraction of sp³-hybridized carbons (Fsp3) is 0.0526. The van der Waals surface area contributed by atoms with Crippen LogP contribution in [0.4, 0.5) is 0 Å². The van der Waals surface area contributed by atoms with Gasteiger partial charge in [0, 0.05) is 0 Å². The molecule has 0 unspecified atom stereocenters. The van der Waals surface area contributed by atoms with Crippen molar-refractivity contribution in [1.82, 2.24) is 0 Å². The van der Waals surface area contributed by atoms with Gasteiger partial charge in [-0.2, -0.15) is 0 Å². The molecule has 0 nitrogen and oxygen atoms in total. The lowest BCUT2D eigenvalue weighted by Gasteiger charge is -2.07. The number of hydrogen-bond donors (Lipinski definition) is 0. The first-order valence-electron chi connectivity index (χ1n) is 6.54. The van der Waals surface area contributed by atoms with E-state index in [1.165, 1.54) is 22.3 Å². The predicted octanol–water partition coefficient (Wildman–Crippen LogP) is 4.66. The molecule has 2 aliphatic carbocycles. The minimum absolute atomic E-state index is 0.999. The van der Waals surface area contributed by atoms with Gasteiger partial charge in [-0.3, -0.25) is 0 Å². The topological polar surface area (TPSA) is 0 Å². The van der Waals surface area contributed by atoms with Gasteiger partial charge in [0.25, 0.3) is 0 Å². The highest BCUT2D eigenvalue weighted by Crippen LogP contribution is 2.27. The lowest BCUT2D eigenvalue weighted by Crippen LogP contribution is -1.90. The first kappa shape index (κ1) is 11.7. The molecule has 0 bridgehead atoms. The summed E-state index contributed by atoms with van der Waals surface area (Å²) in [7, 11) is 0. The molecule has 91 valence electrons. The number of fused-ring (bicyclic) bond motifs is 3. The average Bonchev–Trinajstić information content (AvgIpc) is 2.88. The van der Waals surface area contributed by atoms with Crippen LogP contribution in [0.15, 0.2) is 66.8 Å². The molecule has 0 amide bonds. The van der Waals surface area contributed by atoms with Crippen LogP contribution in [0.5, 0.6) is 0 Å². The normalized spacial score (nSPS) is 24.4. The van der Waals surface area contributed by atoms with Crippen molar-refractivity contribution in [1.29, 1.82) is 0 Å². The quantitative estimate of drug-likeness (QED) is 0.621. The van der Waals surface area contributed by atoms with Gasteiger partial charge in [0.15, 0.2) is 0 Å². The summed E-state index contributed by atoms with van der Waals surface area (Å²) in [6, 6.07) is 4.39. The van der Waals surface area contributed by atoms with E-state index in [4.69, 9.17) is 0 Å². The van der Waals surface area contributed by atoms with E-state index in [2.05, 4.69) is 54.7 Å². The Hall–Kier alpha value is -2.34. The zero-order chi connectivity index (χ0) is 12.9. The van der Waals surface area contributed by atoms with Crippen LogP contribution in [0.2, 0.25) is 0 Å². The highest BCUT2D eigenvalue weighted by Gasteiger charge is 2.11. The molecule has 19 heavy (non-hydrogen) atoms. The Kier molecular flexibility index (Phi) is 3.42. The first-order valence-corrected chi connectivity index (χ1v) is 6.54. The highest BCUT2D eigenvalue weighted by molar-refractivity contribution is 5.72. The van der Waals surface area contributed by atoms with E-state index in [1.54, 1.807) is 0 Å². The second-order valence-electron chi connectivity index (χ2n) is 4.53. The lowest BCUT2D eigenvalue weighted by atomic mass is 9.96. The van der Waals surface area contributed by atoms with E-state index in [-0.39, 0.29) is 0 Å². The minimum Gasteiger partial charge on any atom is -0.0716 e. The van der Waals surface area contributed by atoms with Gasteiger partial charge in [-0.05, 0) is 34.8 Å². The first-order chi connectivity index (χ1) is 9.45. The molecule has 1 radical (unpaired) electrons. The number of allylic oxidation sites excluding steroid dienone is 9. The molecule has 0 spiro atoms. The summed E-state index contributed by atoms with van der Waals surface area (Å²) in [6.07, 6.45) is 27.2. The minimum atomic E-state index is 0.999. The van der Waals surface area contributed by atoms with Crippen molar-refractivity contribution in [3.8, 4) is 0 Å². The monoisotopic (exact) mass is 243 g/mol. The summed E-state index contributed by atoms with van der Waals surface area (Å²) in [5.74, 6) is 0. The Bertz CT molecular complexity index is 647. The van der Waals surface area contributed by atoms with Crippen molar-refractivity contribution in [3.63, 3.8) is 0 Å². The summed E-state index contributed by atoms with van der Waals surface area (Å²) < 4.78 is 0. The third-order valence-electron chi connectivity index (χ3n) is 3.25. The fourth-order valence-corrected chi connectivity index (χ4v) is 2.31. The van der Waals surface area contributed by atoms with Crippen molar-refractivity contribution in [3.05, 3.63) is 95.1 Å². The van der Waals surface area contributed by atoms with Gasteiger partial charge < -0.3 is 0 Å². The van der Waals surface area contributed by atoms with E-state index in [0.29, 0.717) is 0 Å². The van der Waals surface area contributed by atoms with Crippen LogP contribution in [0.1, 0.15) is 22.3 Å². The van der Waals surface area contributed by atoms with E-state index < -0.39 is 0 Å². The molecule has 1 aromatic rings. The number of hydrogen-bond acceptors (Lipinski definition) is 0. The van der Waals surface area contributed by atoms with Crippen LogP contribution in [0, 0.1) is 6.08 Å². The Morgan fingerprint density at radius 3 is 2.21 bits per heavy atom.